The molecule has 0 aliphatic carbocycles. The fourth-order valence-electron chi connectivity index (χ4n) is 3.10. The maximum atomic E-state index is 12.2. The van der Waals surface area contributed by atoms with Gasteiger partial charge in [0.25, 0.3) is 0 Å². The summed E-state index contributed by atoms with van der Waals surface area (Å²) >= 11 is 3.54. The smallest absolute Gasteiger partial charge is 0.410 e. The van der Waals surface area contributed by atoms with Gasteiger partial charge in [0.1, 0.15) is 17.8 Å². The lowest BCUT2D eigenvalue weighted by molar-refractivity contribution is -0.00371. The van der Waals surface area contributed by atoms with Crippen molar-refractivity contribution >= 4 is 22.0 Å². The minimum Gasteiger partial charge on any atom is -0.444 e. The zero-order valence-electron chi connectivity index (χ0n) is 14.9. The van der Waals surface area contributed by atoms with Gasteiger partial charge in [-0.05, 0) is 38.5 Å². The Kier molecular flexibility index (Phi) is 4.86. The summed E-state index contributed by atoms with van der Waals surface area (Å²) in [5.41, 5.74) is 0.689. The van der Waals surface area contributed by atoms with E-state index in [2.05, 4.69) is 38.3 Å². The number of carbonyl (C=O) groups excluding carboxylic acids is 1. The highest BCUT2D eigenvalue weighted by Gasteiger charge is 2.41. The van der Waals surface area contributed by atoms with Crippen LogP contribution in [0.25, 0.3) is 0 Å². The molecule has 1 unspecified atom stereocenters. The number of aryl methyl sites for hydroxylation is 1. The summed E-state index contributed by atoms with van der Waals surface area (Å²) in [4.78, 5) is 14.0. The third kappa shape index (κ3) is 4.03. The van der Waals surface area contributed by atoms with Crippen LogP contribution in [0.3, 0.4) is 0 Å². The highest BCUT2D eigenvalue weighted by molar-refractivity contribution is 9.10. The second-order valence-corrected chi connectivity index (χ2v) is 8.39. The van der Waals surface area contributed by atoms with Crippen LogP contribution in [-0.4, -0.2) is 44.4 Å². The first kappa shape index (κ1) is 17.9. The SMILES string of the molecule is Cn1cnnc1C(c1cccc(Br)c1)C1CN(C(=O)OC(C)(C)C)C1. The fourth-order valence-corrected chi connectivity index (χ4v) is 3.52. The first-order valence-corrected chi connectivity index (χ1v) is 9.11. The molecule has 134 valence electrons. The Morgan fingerprint density at radius 2 is 2.08 bits per heavy atom. The largest absolute Gasteiger partial charge is 0.444 e. The van der Waals surface area contributed by atoms with E-state index in [9.17, 15) is 4.79 Å². The molecule has 7 heteroatoms. The van der Waals surface area contributed by atoms with Gasteiger partial charge >= 0.3 is 6.09 Å². The Morgan fingerprint density at radius 1 is 1.36 bits per heavy atom. The molecule has 0 spiro atoms. The van der Waals surface area contributed by atoms with E-state index in [1.807, 2.05) is 44.5 Å². The molecule has 2 aromatic rings. The molecule has 0 bridgehead atoms. The normalized spacial score (nSPS) is 16.4. The maximum Gasteiger partial charge on any atom is 0.410 e. The molecule has 0 radical (unpaired) electrons. The molecule has 1 amide bonds. The third-order valence-electron chi connectivity index (χ3n) is 4.27. The van der Waals surface area contributed by atoms with Gasteiger partial charge in [0, 0.05) is 30.5 Å². The zero-order chi connectivity index (χ0) is 18.2. The van der Waals surface area contributed by atoms with Gasteiger partial charge in [-0.15, -0.1) is 10.2 Å². The number of halogens is 1. The molecule has 0 saturated carbocycles. The van der Waals surface area contributed by atoms with Crippen molar-refractivity contribution in [2.24, 2.45) is 13.0 Å². The Hall–Kier alpha value is -1.89. The number of amides is 1. The van der Waals surface area contributed by atoms with Crippen molar-refractivity contribution in [3.8, 4) is 0 Å². The van der Waals surface area contributed by atoms with Crippen LogP contribution in [0, 0.1) is 5.92 Å². The van der Waals surface area contributed by atoms with Gasteiger partial charge in [-0.2, -0.15) is 0 Å². The fraction of sp³-hybridized carbons (Fsp3) is 0.500. The average molecular weight is 407 g/mol. The number of carbonyl (C=O) groups is 1. The first-order chi connectivity index (χ1) is 11.7. The number of benzene rings is 1. The van der Waals surface area contributed by atoms with E-state index >= 15 is 0 Å². The van der Waals surface area contributed by atoms with Gasteiger partial charge in [0.2, 0.25) is 0 Å². The van der Waals surface area contributed by atoms with Crippen LogP contribution in [0.15, 0.2) is 35.1 Å². The Balaban J connectivity index is 1.79. The molecule has 25 heavy (non-hydrogen) atoms. The topological polar surface area (TPSA) is 60.2 Å². The first-order valence-electron chi connectivity index (χ1n) is 8.32. The maximum absolute atomic E-state index is 12.2. The molecule has 2 heterocycles. The molecule has 6 nitrogen and oxygen atoms in total. The summed E-state index contributed by atoms with van der Waals surface area (Å²) in [6.07, 6.45) is 1.46. The van der Waals surface area contributed by atoms with Gasteiger partial charge in [0.05, 0.1) is 5.92 Å². The van der Waals surface area contributed by atoms with E-state index in [1.165, 1.54) is 5.56 Å². The van der Waals surface area contributed by atoms with Gasteiger partial charge in [-0.25, -0.2) is 4.79 Å². The summed E-state index contributed by atoms with van der Waals surface area (Å²) in [7, 11) is 1.95. The summed E-state index contributed by atoms with van der Waals surface area (Å²) in [5, 5.41) is 8.35. The second kappa shape index (κ2) is 6.78. The predicted molar refractivity (Wildman–Crippen MR) is 98.3 cm³/mol. The summed E-state index contributed by atoms with van der Waals surface area (Å²) < 4.78 is 8.43. The molecule has 1 fully saturated rings. The number of likely N-dealkylation sites (tertiary alicyclic amines) is 1. The highest BCUT2D eigenvalue weighted by atomic mass is 79.9. The van der Waals surface area contributed by atoms with Gasteiger partial charge in [0.15, 0.2) is 0 Å². The molecule has 1 aromatic heterocycles. The Labute approximate surface area is 156 Å². The van der Waals surface area contributed by atoms with E-state index in [4.69, 9.17) is 4.74 Å². The zero-order valence-corrected chi connectivity index (χ0v) is 16.5. The molecule has 1 saturated heterocycles. The molecule has 1 atom stereocenters. The molecule has 1 aliphatic heterocycles. The number of ether oxygens (including phenoxy) is 1. The van der Waals surface area contributed by atoms with E-state index in [0.717, 1.165) is 10.3 Å². The standard InChI is InChI=1S/C18H23BrN4O2/c1-18(2,3)25-17(24)23-9-13(10-23)15(16-21-20-11-22(16)4)12-6-5-7-14(19)8-12/h5-8,11,13,15H,9-10H2,1-4H3. The minimum atomic E-state index is -0.477. The Morgan fingerprint density at radius 3 is 2.64 bits per heavy atom. The van der Waals surface area contributed by atoms with Crippen molar-refractivity contribution in [1.29, 1.82) is 0 Å². The lowest BCUT2D eigenvalue weighted by Crippen LogP contribution is -2.53. The van der Waals surface area contributed by atoms with Crippen molar-refractivity contribution in [3.05, 3.63) is 46.5 Å². The number of rotatable bonds is 3. The molecule has 1 aromatic carbocycles. The molecular weight excluding hydrogens is 384 g/mol. The predicted octanol–water partition coefficient (Wildman–Crippen LogP) is 3.58. The van der Waals surface area contributed by atoms with Crippen LogP contribution in [-0.2, 0) is 11.8 Å². The molecule has 3 rings (SSSR count). The molecular formula is C18H23BrN4O2. The number of hydrogen-bond acceptors (Lipinski definition) is 4. The second-order valence-electron chi connectivity index (χ2n) is 7.48. The van der Waals surface area contributed by atoms with Crippen LogP contribution < -0.4 is 0 Å². The summed E-state index contributed by atoms with van der Waals surface area (Å²) in [5.74, 6) is 1.28. The molecule has 0 N–H and O–H groups in total. The summed E-state index contributed by atoms with van der Waals surface area (Å²) in [6, 6.07) is 8.23. The van der Waals surface area contributed by atoms with E-state index < -0.39 is 5.60 Å². The van der Waals surface area contributed by atoms with Crippen molar-refractivity contribution < 1.29 is 9.53 Å². The Bertz CT molecular complexity index is 762. The van der Waals surface area contributed by atoms with Crippen LogP contribution in [0.4, 0.5) is 4.79 Å². The van der Waals surface area contributed by atoms with Crippen molar-refractivity contribution in [2.75, 3.05) is 13.1 Å². The van der Waals surface area contributed by atoms with Crippen LogP contribution in [0.1, 0.15) is 38.1 Å². The van der Waals surface area contributed by atoms with E-state index in [1.54, 1.807) is 11.2 Å². The average Bonchev–Trinajstić information content (AvgIpc) is 2.86. The monoisotopic (exact) mass is 406 g/mol. The van der Waals surface area contributed by atoms with Crippen molar-refractivity contribution in [3.63, 3.8) is 0 Å². The number of nitrogens with zero attached hydrogens (tertiary/aromatic N) is 4. The van der Waals surface area contributed by atoms with E-state index in [0.29, 0.717) is 13.1 Å². The van der Waals surface area contributed by atoms with Gasteiger partial charge in [-0.3, -0.25) is 0 Å². The third-order valence-corrected chi connectivity index (χ3v) is 4.76. The molecule has 1 aliphatic rings. The van der Waals surface area contributed by atoms with Gasteiger partial charge < -0.3 is 14.2 Å². The lowest BCUT2D eigenvalue weighted by atomic mass is 9.80. The number of hydrogen-bond donors (Lipinski definition) is 0. The minimum absolute atomic E-state index is 0.0867. The number of aromatic nitrogens is 3. The highest BCUT2D eigenvalue weighted by Crippen LogP contribution is 2.37. The van der Waals surface area contributed by atoms with E-state index in [-0.39, 0.29) is 17.9 Å². The van der Waals surface area contributed by atoms with Crippen LogP contribution >= 0.6 is 15.9 Å². The quantitative estimate of drug-likeness (QED) is 0.781. The van der Waals surface area contributed by atoms with Gasteiger partial charge in [-0.1, -0.05) is 28.1 Å². The van der Waals surface area contributed by atoms with Crippen LogP contribution in [0.2, 0.25) is 0 Å². The lowest BCUT2D eigenvalue weighted by Gasteiger charge is -2.43. The van der Waals surface area contributed by atoms with Crippen molar-refractivity contribution in [1.82, 2.24) is 19.7 Å². The van der Waals surface area contributed by atoms with Crippen molar-refractivity contribution in [2.45, 2.75) is 32.3 Å². The summed E-state index contributed by atoms with van der Waals surface area (Å²) in [6.45, 7) is 6.95. The van der Waals surface area contributed by atoms with Crippen LogP contribution in [0.5, 0.6) is 0 Å².